The Hall–Kier alpha value is 0.440. The van der Waals surface area contributed by atoms with Crippen molar-refractivity contribution in [3.05, 3.63) is 9.81 Å². The Labute approximate surface area is 59.1 Å². The van der Waals surface area contributed by atoms with Crippen LogP contribution in [0.15, 0.2) is 9.81 Å². The standard InChI is InChI=1S/C6H10S2/c1-5-6(2)8-4-3-7-5/h3-4H2,1-2H3. The summed E-state index contributed by atoms with van der Waals surface area (Å²) in [6.07, 6.45) is 0. The van der Waals surface area contributed by atoms with Crippen LogP contribution in [0.1, 0.15) is 13.8 Å². The maximum atomic E-state index is 2.20. The van der Waals surface area contributed by atoms with Gasteiger partial charge < -0.3 is 0 Å². The molecule has 0 unspecified atom stereocenters. The van der Waals surface area contributed by atoms with Crippen molar-refractivity contribution in [3.8, 4) is 0 Å². The highest BCUT2D eigenvalue weighted by Gasteiger charge is 2.03. The number of rotatable bonds is 0. The minimum Gasteiger partial charge on any atom is -0.129 e. The Morgan fingerprint density at radius 3 is 1.62 bits per heavy atom. The van der Waals surface area contributed by atoms with Gasteiger partial charge in [0.15, 0.2) is 0 Å². The average molecular weight is 146 g/mol. The van der Waals surface area contributed by atoms with E-state index in [1.807, 2.05) is 23.5 Å². The van der Waals surface area contributed by atoms with E-state index in [0.717, 1.165) is 0 Å². The van der Waals surface area contributed by atoms with Crippen molar-refractivity contribution in [2.24, 2.45) is 0 Å². The van der Waals surface area contributed by atoms with Crippen molar-refractivity contribution < 1.29 is 0 Å². The molecule has 8 heavy (non-hydrogen) atoms. The van der Waals surface area contributed by atoms with Crippen LogP contribution >= 0.6 is 23.5 Å². The number of hydrogen-bond acceptors (Lipinski definition) is 2. The van der Waals surface area contributed by atoms with E-state index in [0.29, 0.717) is 0 Å². The summed E-state index contributed by atoms with van der Waals surface area (Å²) < 4.78 is 0. The monoisotopic (exact) mass is 146 g/mol. The lowest BCUT2D eigenvalue weighted by Crippen LogP contribution is -1.91. The molecule has 0 bridgehead atoms. The third kappa shape index (κ3) is 1.46. The largest absolute Gasteiger partial charge is 0.129 e. The van der Waals surface area contributed by atoms with E-state index in [1.54, 1.807) is 0 Å². The van der Waals surface area contributed by atoms with Crippen LogP contribution < -0.4 is 0 Å². The summed E-state index contributed by atoms with van der Waals surface area (Å²) in [5.74, 6) is 2.60. The van der Waals surface area contributed by atoms with Crippen LogP contribution in [-0.2, 0) is 0 Å². The summed E-state index contributed by atoms with van der Waals surface area (Å²) in [4.78, 5) is 3.03. The fourth-order valence-electron chi connectivity index (χ4n) is 0.593. The molecule has 1 aliphatic heterocycles. The molecule has 2 heteroatoms. The molecule has 0 aromatic rings. The van der Waals surface area contributed by atoms with Gasteiger partial charge in [0, 0.05) is 11.5 Å². The molecular formula is C6H10S2. The third-order valence-corrected chi connectivity index (χ3v) is 3.90. The second kappa shape index (κ2) is 2.83. The molecule has 1 aliphatic rings. The predicted octanol–water partition coefficient (Wildman–Crippen LogP) is 2.72. The molecule has 46 valence electrons. The molecule has 0 aromatic carbocycles. The Balaban J connectivity index is 2.60. The molecule has 0 aromatic heterocycles. The minimum absolute atomic E-state index is 1.30. The zero-order valence-corrected chi connectivity index (χ0v) is 6.86. The van der Waals surface area contributed by atoms with Crippen LogP contribution in [0, 0.1) is 0 Å². The van der Waals surface area contributed by atoms with Gasteiger partial charge in [-0.3, -0.25) is 0 Å². The lowest BCUT2D eigenvalue weighted by molar-refractivity contribution is 1.47. The van der Waals surface area contributed by atoms with Crippen LogP contribution in [0.2, 0.25) is 0 Å². The fourth-order valence-corrected chi connectivity index (χ4v) is 2.63. The van der Waals surface area contributed by atoms with Gasteiger partial charge in [0.1, 0.15) is 0 Å². The summed E-state index contributed by atoms with van der Waals surface area (Å²) in [5.41, 5.74) is 0. The topological polar surface area (TPSA) is 0 Å². The van der Waals surface area contributed by atoms with E-state index in [4.69, 9.17) is 0 Å². The molecule has 0 radical (unpaired) electrons. The van der Waals surface area contributed by atoms with Gasteiger partial charge in [0.05, 0.1) is 0 Å². The molecule has 0 atom stereocenters. The molecule has 0 saturated heterocycles. The molecule has 0 N–H and O–H groups in total. The Kier molecular flexibility index (Phi) is 2.32. The number of allylic oxidation sites excluding steroid dienone is 2. The van der Waals surface area contributed by atoms with Gasteiger partial charge in [-0.2, -0.15) is 0 Å². The van der Waals surface area contributed by atoms with Gasteiger partial charge in [0.25, 0.3) is 0 Å². The van der Waals surface area contributed by atoms with Crippen LogP contribution in [0.3, 0.4) is 0 Å². The number of thioether (sulfide) groups is 2. The van der Waals surface area contributed by atoms with Crippen molar-refractivity contribution in [3.63, 3.8) is 0 Å². The normalized spacial score (nSPS) is 21.8. The van der Waals surface area contributed by atoms with Gasteiger partial charge in [0.2, 0.25) is 0 Å². The van der Waals surface area contributed by atoms with E-state index < -0.39 is 0 Å². The highest BCUT2D eigenvalue weighted by atomic mass is 32.2. The maximum Gasteiger partial charge on any atom is 0.00714 e. The molecule has 0 amide bonds. The predicted molar refractivity (Wildman–Crippen MR) is 43.3 cm³/mol. The average Bonchev–Trinajstić information content (AvgIpc) is 1.77. The van der Waals surface area contributed by atoms with Crippen LogP contribution in [0.5, 0.6) is 0 Å². The zero-order chi connectivity index (χ0) is 5.98. The first-order chi connectivity index (χ1) is 3.80. The van der Waals surface area contributed by atoms with Crippen molar-refractivity contribution >= 4 is 23.5 Å². The van der Waals surface area contributed by atoms with Gasteiger partial charge in [-0.15, -0.1) is 23.5 Å². The molecule has 1 heterocycles. The molecule has 0 spiro atoms. The SMILES string of the molecule is CC1=C(C)SCCS1. The van der Waals surface area contributed by atoms with Gasteiger partial charge in [-0.25, -0.2) is 0 Å². The van der Waals surface area contributed by atoms with Crippen LogP contribution in [-0.4, -0.2) is 11.5 Å². The van der Waals surface area contributed by atoms with E-state index in [9.17, 15) is 0 Å². The molecule has 0 saturated carbocycles. The second-order valence-corrected chi connectivity index (χ2v) is 4.43. The smallest absolute Gasteiger partial charge is 0.00714 e. The summed E-state index contributed by atoms with van der Waals surface area (Å²) in [7, 11) is 0. The first-order valence-electron chi connectivity index (χ1n) is 2.74. The number of hydrogen-bond donors (Lipinski definition) is 0. The van der Waals surface area contributed by atoms with Gasteiger partial charge >= 0.3 is 0 Å². The first-order valence-corrected chi connectivity index (χ1v) is 4.71. The quantitative estimate of drug-likeness (QED) is 0.515. The summed E-state index contributed by atoms with van der Waals surface area (Å²) in [5, 5.41) is 0. The fraction of sp³-hybridized carbons (Fsp3) is 0.667. The van der Waals surface area contributed by atoms with Crippen molar-refractivity contribution in [1.82, 2.24) is 0 Å². The van der Waals surface area contributed by atoms with Gasteiger partial charge in [-0.1, -0.05) is 0 Å². The Morgan fingerprint density at radius 1 is 1.00 bits per heavy atom. The lowest BCUT2D eigenvalue weighted by atomic mass is 10.6. The lowest BCUT2D eigenvalue weighted by Gasteiger charge is -2.11. The van der Waals surface area contributed by atoms with Crippen LogP contribution in [0.4, 0.5) is 0 Å². The summed E-state index contributed by atoms with van der Waals surface area (Å²) in [6, 6.07) is 0. The Bertz CT molecular complexity index is 102. The van der Waals surface area contributed by atoms with Crippen molar-refractivity contribution in [1.29, 1.82) is 0 Å². The Morgan fingerprint density at radius 2 is 1.38 bits per heavy atom. The van der Waals surface area contributed by atoms with Crippen molar-refractivity contribution in [2.45, 2.75) is 13.8 Å². The molecule has 0 nitrogen and oxygen atoms in total. The van der Waals surface area contributed by atoms with E-state index in [-0.39, 0.29) is 0 Å². The van der Waals surface area contributed by atoms with Crippen LogP contribution in [0.25, 0.3) is 0 Å². The second-order valence-electron chi connectivity index (χ2n) is 1.81. The molecule has 0 fully saturated rings. The summed E-state index contributed by atoms with van der Waals surface area (Å²) in [6.45, 7) is 4.40. The summed E-state index contributed by atoms with van der Waals surface area (Å²) >= 11 is 3.97. The molecular weight excluding hydrogens is 136 g/mol. The maximum absolute atomic E-state index is 2.20. The van der Waals surface area contributed by atoms with E-state index in [2.05, 4.69) is 13.8 Å². The molecule has 1 rings (SSSR count). The van der Waals surface area contributed by atoms with Crippen molar-refractivity contribution in [2.75, 3.05) is 11.5 Å². The van der Waals surface area contributed by atoms with E-state index >= 15 is 0 Å². The zero-order valence-electron chi connectivity index (χ0n) is 5.23. The highest BCUT2D eigenvalue weighted by molar-refractivity contribution is 8.09. The first kappa shape index (κ1) is 6.56. The third-order valence-electron chi connectivity index (χ3n) is 1.22. The van der Waals surface area contributed by atoms with Gasteiger partial charge in [-0.05, 0) is 23.7 Å². The highest BCUT2D eigenvalue weighted by Crippen LogP contribution is 2.32. The minimum atomic E-state index is 1.30. The van der Waals surface area contributed by atoms with E-state index in [1.165, 1.54) is 21.3 Å². The molecule has 0 aliphatic carbocycles.